The molecule has 0 atom stereocenters. The van der Waals surface area contributed by atoms with Gasteiger partial charge in [-0.25, -0.2) is 0 Å². The summed E-state index contributed by atoms with van der Waals surface area (Å²) in [6, 6.07) is 16.4. The van der Waals surface area contributed by atoms with Crippen LogP contribution in [0.15, 0.2) is 60.0 Å². The molecule has 2 heterocycles. The number of nitrogens with zero attached hydrogens (tertiary/aromatic N) is 4. The Morgan fingerprint density at radius 3 is 2.38 bits per heavy atom. The van der Waals surface area contributed by atoms with Crippen molar-refractivity contribution < 1.29 is 9.53 Å². The summed E-state index contributed by atoms with van der Waals surface area (Å²) in [5.41, 5.74) is 4.35. The summed E-state index contributed by atoms with van der Waals surface area (Å²) in [6.45, 7) is 1.45. The summed E-state index contributed by atoms with van der Waals surface area (Å²) in [4.78, 5) is 15.2. The molecule has 1 aromatic heterocycles. The molecular formula is C22H24N4O2S. The Hall–Kier alpha value is -2.64. The summed E-state index contributed by atoms with van der Waals surface area (Å²) < 4.78 is 7.09. The fraction of sp³-hybridized carbons (Fsp3) is 0.318. The van der Waals surface area contributed by atoms with E-state index in [1.165, 1.54) is 22.9 Å². The number of anilines is 2. The summed E-state index contributed by atoms with van der Waals surface area (Å²) in [6.07, 6.45) is 4.44. The number of aromatic nitrogens is 3. The number of thioether (sulfide) groups is 1. The minimum absolute atomic E-state index is 0.0447. The van der Waals surface area contributed by atoms with Crippen LogP contribution in [0.2, 0.25) is 0 Å². The highest BCUT2D eigenvalue weighted by Gasteiger charge is 2.25. The van der Waals surface area contributed by atoms with Gasteiger partial charge in [0.25, 0.3) is 0 Å². The summed E-state index contributed by atoms with van der Waals surface area (Å²) in [5, 5.41) is 8.94. The van der Waals surface area contributed by atoms with Crippen molar-refractivity contribution in [1.29, 1.82) is 0 Å². The third-order valence-corrected chi connectivity index (χ3v) is 6.00. The van der Waals surface area contributed by atoms with Gasteiger partial charge in [0.05, 0.1) is 17.1 Å². The van der Waals surface area contributed by atoms with E-state index in [9.17, 15) is 4.79 Å². The first-order valence-corrected chi connectivity index (χ1v) is 10.7. The molecule has 0 saturated heterocycles. The van der Waals surface area contributed by atoms with E-state index >= 15 is 0 Å². The summed E-state index contributed by atoms with van der Waals surface area (Å²) in [5.74, 6) is 0.342. The van der Waals surface area contributed by atoms with Gasteiger partial charge in [0.15, 0.2) is 5.16 Å². The van der Waals surface area contributed by atoms with Crippen molar-refractivity contribution in [3.05, 3.63) is 66.0 Å². The van der Waals surface area contributed by atoms with E-state index in [1.807, 2.05) is 45.9 Å². The Kier molecular flexibility index (Phi) is 6.27. The molecular weight excluding hydrogens is 384 g/mol. The molecule has 0 bridgehead atoms. The molecule has 1 aliphatic rings. The van der Waals surface area contributed by atoms with E-state index in [2.05, 4.69) is 22.3 Å². The van der Waals surface area contributed by atoms with Crippen molar-refractivity contribution in [2.75, 3.05) is 24.4 Å². The minimum atomic E-state index is 0.0447. The number of rotatable bonds is 7. The lowest BCUT2D eigenvalue weighted by molar-refractivity contribution is -0.115. The van der Waals surface area contributed by atoms with Gasteiger partial charge in [-0.2, -0.15) is 0 Å². The monoisotopic (exact) mass is 408 g/mol. The molecule has 4 rings (SSSR count). The smallest absolute Gasteiger partial charge is 0.242 e. The Morgan fingerprint density at radius 2 is 1.72 bits per heavy atom. The number of benzene rings is 2. The zero-order valence-corrected chi connectivity index (χ0v) is 17.3. The van der Waals surface area contributed by atoms with Crippen LogP contribution in [0.25, 0.3) is 0 Å². The number of carbonyl (C=O) groups is 1. The van der Waals surface area contributed by atoms with E-state index in [1.54, 1.807) is 13.4 Å². The second-order valence-electron chi connectivity index (χ2n) is 6.93. The molecule has 29 heavy (non-hydrogen) atoms. The van der Waals surface area contributed by atoms with Crippen molar-refractivity contribution in [2.24, 2.45) is 0 Å². The number of aryl methyl sites for hydroxylation is 3. The third kappa shape index (κ3) is 4.36. The van der Waals surface area contributed by atoms with Crippen molar-refractivity contribution in [3.63, 3.8) is 0 Å². The number of ether oxygens (including phenoxy) is 1. The number of carbonyl (C=O) groups excluding carboxylic acids is 1. The van der Waals surface area contributed by atoms with Crippen LogP contribution in [0.4, 0.5) is 11.4 Å². The first-order valence-electron chi connectivity index (χ1n) is 9.76. The zero-order valence-electron chi connectivity index (χ0n) is 16.5. The van der Waals surface area contributed by atoms with Crippen LogP contribution in [-0.2, 0) is 28.9 Å². The molecule has 0 spiro atoms. The van der Waals surface area contributed by atoms with Crippen LogP contribution in [0, 0.1) is 0 Å². The molecule has 7 heteroatoms. The van der Waals surface area contributed by atoms with Gasteiger partial charge in [0.1, 0.15) is 6.33 Å². The Bertz CT molecular complexity index is 941. The fourth-order valence-corrected chi connectivity index (χ4v) is 4.42. The van der Waals surface area contributed by atoms with Gasteiger partial charge >= 0.3 is 0 Å². The third-order valence-electron chi connectivity index (χ3n) is 5.03. The van der Waals surface area contributed by atoms with E-state index in [0.717, 1.165) is 42.3 Å². The first-order chi connectivity index (χ1) is 14.3. The number of methoxy groups -OCH3 is 1. The van der Waals surface area contributed by atoms with Crippen molar-refractivity contribution >= 4 is 29.0 Å². The highest BCUT2D eigenvalue weighted by molar-refractivity contribution is 7.99. The quantitative estimate of drug-likeness (QED) is 0.439. The molecule has 150 valence electrons. The van der Waals surface area contributed by atoms with Crippen molar-refractivity contribution in [1.82, 2.24) is 14.8 Å². The Balaban J connectivity index is 1.55. The second kappa shape index (κ2) is 9.24. The van der Waals surface area contributed by atoms with Gasteiger partial charge in [-0.3, -0.25) is 9.69 Å². The number of amides is 1. The molecule has 0 radical (unpaired) electrons. The van der Waals surface area contributed by atoms with E-state index < -0.39 is 0 Å². The van der Waals surface area contributed by atoms with Crippen molar-refractivity contribution in [3.8, 4) is 0 Å². The zero-order chi connectivity index (χ0) is 20.1. The first kappa shape index (κ1) is 19.7. The average molecular weight is 409 g/mol. The maximum atomic E-state index is 13.4. The molecule has 1 aliphatic heterocycles. The number of fused-ring (bicyclic) bond motifs is 2. The lowest BCUT2D eigenvalue weighted by Crippen LogP contribution is -2.28. The normalized spacial score (nSPS) is 12.9. The number of hydrogen-bond acceptors (Lipinski definition) is 5. The lowest BCUT2D eigenvalue weighted by atomic mass is 10.0. The van der Waals surface area contributed by atoms with Crippen LogP contribution >= 0.6 is 11.8 Å². The molecule has 6 nitrogen and oxygen atoms in total. The standard InChI is InChI=1S/C22H24N4O2S/c1-28-14-6-13-25-16-23-24-22(25)29-15-21(27)26-19-9-4-2-7-17(19)11-12-18-8-3-5-10-20(18)26/h2-5,7-10,16H,6,11-15H2,1H3. The molecule has 0 fully saturated rings. The van der Waals surface area contributed by atoms with Gasteiger partial charge in [-0.05, 0) is 42.5 Å². The van der Waals surface area contributed by atoms with Gasteiger partial charge in [0, 0.05) is 20.3 Å². The maximum absolute atomic E-state index is 13.4. The SMILES string of the molecule is COCCCn1cnnc1SCC(=O)N1c2ccccc2CCc2ccccc21. The molecule has 2 aromatic carbocycles. The molecule has 0 aliphatic carbocycles. The molecule has 3 aromatic rings. The number of para-hydroxylation sites is 2. The molecule has 1 amide bonds. The van der Waals surface area contributed by atoms with Gasteiger partial charge in [-0.1, -0.05) is 48.2 Å². The fourth-order valence-electron chi connectivity index (χ4n) is 3.63. The van der Waals surface area contributed by atoms with Gasteiger partial charge in [-0.15, -0.1) is 10.2 Å². The molecule has 0 saturated carbocycles. The van der Waals surface area contributed by atoms with Crippen LogP contribution < -0.4 is 4.90 Å². The van der Waals surface area contributed by atoms with Crippen molar-refractivity contribution in [2.45, 2.75) is 31.0 Å². The maximum Gasteiger partial charge on any atom is 0.242 e. The Labute approximate surface area is 174 Å². The van der Waals surface area contributed by atoms with E-state index in [0.29, 0.717) is 12.4 Å². The van der Waals surface area contributed by atoms with Crippen LogP contribution in [0.1, 0.15) is 17.5 Å². The van der Waals surface area contributed by atoms with Crippen LogP contribution in [-0.4, -0.2) is 40.1 Å². The van der Waals surface area contributed by atoms with Crippen LogP contribution in [0.5, 0.6) is 0 Å². The largest absolute Gasteiger partial charge is 0.385 e. The van der Waals surface area contributed by atoms with Gasteiger partial charge in [0.2, 0.25) is 5.91 Å². The average Bonchev–Trinajstić information content (AvgIpc) is 3.12. The molecule has 0 N–H and O–H groups in total. The topological polar surface area (TPSA) is 60.2 Å². The second-order valence-corrected chi connectivity index (χ2v) is 7.87. The minimum Gasteiger partial charge on any atom is -0.385 e. The lowest BCUT2D eigenvalue weighted by Gasteiger charge is -2.24. The van der Waals surface area contributed by atoms with E-state index in [4.69, 9.17) is 4.74 Å². The highest BCUT2D eigenvalue weighted by atomic mass is 32.2. The van der Waals surface area contributed by atoms with E-state index in [-0.39, 0.29) is 5.91 Å². The number of hydrogen-bond donors (Lipinski definition) is 0. The Morgan fingerprint density at radius 1 is 1.07 bits per heavy atom. The van der Waals surface area contributed by atoms with Crippen LogP contribution in [0.3, 0.4) is 0 Å². The predicted molar refractivity (Wildman–Crippen MR) is 115 cm³/mol. The van der Waals surface area contributed by atoms with Gasteiger partial charge < -0.3 is 9.30 Å². The highest BCUT2D eigenvalue weighted by Crippen LogP contribution is 2.36. The predicted octanol–water partition coefficient (Wildman–Crippen LogP) is 3.87. The summed E-state index contributed by atoms with van der Waals surface area (Å²) in [7, 11) is 1.69. The summed E-state index contributed by atoms with van der Waals surface area (Å²) >= 11 is 1.43. The molecule has 0 unspecified atom stereocenters.